The van der Waals surface area contributed by atoms with Crippen LogP contribution in [0.3, 0.4) is 0 Å². The van der Waals surface area contributed by atoms with Crippen molar-refractivity contribution in [3.05, 3.63) is 33.9 Å². The summed E-state index contributed by atoms with van der Waals surface area (Å²) in [5.74, 6) is 0.627. The first-order valence-electron chi connectivity index (χ1n) is 5.03. The molecule has 15 heavy (non-hydrogen) atoms. The summed E-state index contributed by atoms with van der Waals surface area (Å²) in [4.78, 5) is 3.20. The normalized spacial score (nSPS) is 11.5. The molecule has 0 radical (unpaired) electrons. The number of hydrogen-bond donors (Lipinski definition) is 1. The maximum atomic E-state index is 6.10. The van der Waals surface area contributed by atoms with E-state index in [1.54, 1.807) is 6.07 Å². The van der Waals surface area contributed by atoms with Crippen molar-refractivity contribution in [1.82, 2.24) is 4.98 Å². The molecule has 0 aliphatic heterocycles. The standard InChI is InChI=1S/C12H13Cl2N/c1-7(2)3-8-6-15-12-10(8)4-9(13)5-11(12)14/h4-7,15H,3H2,1-2H3. The third kappa shape index (κ3) is 2.14. The van der Waals surface area contributed by atoms with Crippen molar-refractivity contribution in [2.75, 3.05) is 0 Å². The molecule has 1 N–H and O–H groups in total. The van der Waals surface area contributed by atoms with Gasteiger partial charge in [-0.3, -0.25) is 0 Å². The monoisotopic (exact) mass is 241 g/mol. The van der Waals surface area contributed by atoms with Gasteiger partial charge in [-0.25, -0.2) is 0 Å². The Hall–Kier alpha value is -0.660. The van der Waals surface area contributed by atoms with Crippen LogP contribution < -0.4 is 0 Å². The summed E-state index contributed by atoms with van der Waals surface area (Å²) in [6.45, 7) is 4.40. The van der Waals surface area contributed by atoms with Crippen LogP contribution in [0.15, 0.2) is 18.3 Å². The quantitative estimate of drug-likeness (QED) is 0.787. The van der Waals surface area contributed by atoms with Gasteiger partial charge < -0.3 is 4.98 Å². The summed E-state index contributed by atoms with van der Waals surface area (Å²) in [5.41, 5.74) is 2.26. The maximum Gasteiger partial charge on any atom is 0.0661 e. The van der Waals surface area contributed by atoms with Crippen LogP contribution in [0.2, 0.25) is 10.0 Å². The number of halogens is 2. The molecule has 0 aliphatic rings. The van der Waals surface area contributed by atoms with Crippen molar-refractivity contribution in [2.24, 2.45) is 5.92 Å². The second-order valence-corrected chi connectivity index (χ2v) is 5.07. The van der Waals surface area contributed by atoms with Crippen LogP contribution in [0.5, 0.6) is 0 Å². The number of fused-ring (bicyclic) bond motifs is 1. The number of rotatable bonds is 2. The third-order valence-electron chi connectivity index (χ3n) is 2.42. The Morgan fingerprint density at radius 2 is 2.00 bits per heavy atom. The van der Waals surface area contributed by atoms with Gasteiger partial charge >= 0.3 is 0 Å². The first-order chi connectivity index (χ1) is 7.08. The smallest absolute Gasteiger partial charge is 0.0661 e. The van der Waals surface area contributed by atoms with Crippen LogP contribution in [0.1, 0.15) is 19.4 Å². The molecular weight excluding hydrogens is 229 g/mol. The number of aromatic nitrogens is 1. The summed E-state index contributed by atoms with van der Waals surface area (Å²) in [6.07, 6.45) is 3.06. The highest BCUT2D eigenvalue weighted by Crippen LogP contribution is 2.30. The Morgan fingerprint density at radius 3 is 2.67 bits per heavy atom. The predicted molar refractivity (Wildman–Crippen MR) is 66.9 cm³/mol. The zero-order chi connectivity index (χ0) is 11.0. The lowest BCUT2D eigenvalue weighted by molar-refractivity contribution is 0.650. The molecule has 1 aromatic heterocycles. The summed E-state index contributed by atoms with van der Waals surface area (Å²) in [5, 5.41) is 2.52. The molecule has 3 heteroatoms. The highest BCUT2D eigenvalue weighted by atomic mass is 35.5. The first kappa shape index (κ1) is 10.8. The summed E-state index contributed by atoms with van der Waals surface area (Å²) in [6, 6.07) is 3.73. The van der Waals surface area contributed by atoms with Crippen molar-refractivity contribution in [3.8, 4) is 0 Å². The van der Waals surface area contributed by atoms with Gasteiger partial charge in [0.2, 0.25) is 0 Å². The van der Waals surface area contributed by atoms with Gasteiger partial charge in [0.25, 0.3) is 0 Å². The van der Waals surface area contributed by atoms with E-state index < -0.39 is 0 Å². The molecule has 2 aromatic rings. The topological polar surface area (TPSA) is 15.8 Å². The molecule has 0 aliphatic carbocycles. The predicted octanol–water partition coefficient (Wildman–Crippen LogP) is 4.67. The van der Waals surface area contributed by atoms with Gasteiger partial charge in [-0.15, -0.1) is 0 Å². The van der Waals surface area contributed by atoms with Gasteiger partial charge in [0, 0.05) is 16.6 Å². The minimum atomic E-state index is 0.627. The lowest BCUT2D eigenvalue weighted by atomic mass is 10.0. The summed E-state index contributed by atoms with van der Waals surface area (Å²) < 4.78 is 0. The van der Waals surface area contributed by atoms with Gasteiger partial charge in [-0.05, 0) is 30.0 Å². The highest BCUT2D eigenvalue weighted by molar-refractivity contribution is 6.38. The lowest BCUT2D eigenvalue weighted by Crippen LogP contribution is -1.92. The number of aromatic amines is 1. The van der Waals surface area contributed by atoms with E-state index in [0.29, 0.717) is 16.0 Å². The second-order valence-electron chi connectivity index (χ2n) is 4.22. The van der Waals surface area contributed by atoms with Crippen LogP contribution in [0.4, 0.5) is 0 Å². The molecule has 2 rings (SSSR count). The van der Waals surface area contributed by atoms with Gasteiger partial charge in [0.05, 0.1) is 10.5 Å². The molecule has 1 aromatic carbocycles. The fourth-order valence-electron chi connectivity index (χ4n) is 1.82. The number of nitrogens with one attached hydrogen (secondary N) is 1. The molecule has 80 valence electrons. The number of H-pyrrole nitrogens is 1. The van der Waals surface area contributed by atoms with E-state index in [4.69, 9.17) is 23.2 Å². The van der Waals surface area contributed by atoms with E-state index in [1.165, 1.54) is 5.56 Å². The van der Waals surface area contributed by atoms with Gasteiger partial charge in [-0.2, -0.15) is 0 Å². The van der Waals surface area contributed by atoms with Crippen molar-refractivity contribution < 1.29 is 0 Å². The first-order valence-corrected chi connectivity index (χ1v) is 5.78. The summed E-state index contributed by atoms with van der Waals surface area (Å²) in [7, 11) is 0. The van der Waals surface area contributed by atoms with Crippen LogP contribution in [0, 0.1) is 5.92 Å². The Kier molecular flexibility index (Phi) is 2.94. The Labute approximate surface area is 99.4 Å². The second kappa shape index (κ2) is 4.07. The van der Waals surface area contributed by atoms with E-state index in [2.05, 4.69) is 18.8 Å². The Balaban J connectivity index is 2.58. The molecule has 1 nitrogen and oxygen atoms in total. The van der Waals surface area contributed by atoms with E-state index >= 15 is 0 Å². The van der Waals surface area contributed by atoms with Crippen molar-refractivity contribution in [1.29, 1.82) is 0 Å². The molecule has 0 saturated heterocycles. The number of benzene rings is 1. The summed E-state index contributed by atoms with van der Waals surface area (Å²) >= 11 is 12.1. The third-order valence-corrected chi connectivity index (χ3v) is 2.94. The van der Waals surface area contributed by atoms with Crippen LogP contribution >= 0.6 is 23.2 Å². The minimum absolute atomic E-state index is 0.627. The fraction of sp³-hybridized carbons (Fsp3) is 0.333. The van der Waals surface area contributed by atoms with Crippen LogP contribution in [0.25, 0.3) is 10.9 Å². The largest absolute Gasteiger partial charge is 0.360 e. The molecule has 0 amide bonds. The minimum Gasteiger partial charge on any atom is -0.360 e. The van der Waals surface area contributed by atoms with Gasteiger partial charge in [-0.1, -0.05) is 37.0 Å². The van der Waals surface area contributed by atoms with Crippen molar-refractivity contribution in [2.45, 2.75) is 20.3 Å². The molecule has 0 bridgehead atoms. The van der Waals surface area contributed by atoms with E-state index in [0.717, 1.165) is 17.3 Å². The van der Waals surface area contributed by atoms with E-state index in [-0.39, 0.29) is 0 Å². The SMILES string of the molecule is CC(C)Cc1c[nH]c2c(Cl)cc(Cl)cc12. The van der Waals surface area contributed by atoms with Crippen LogP contribution in [-0.2, 0) is 6.42 Å². The van der Waals surface area contributed by atoms with Gasteiger partial charge in [0.1, 0.15) is 0 Å². The molecule has 0 fully saturated rings. The van der Waals surface area contributed by atoms with Gasteiger partial charge in [0.15, 0.2) is 0 Å². The molecule has 0 saturated carbocycles. The molecule has 0 atom stereocenters. The molecule has 1 heterocycles. The van der Waals surface area contributed by atoms with E-state index in [9.17, 15) is 0 Å². The van der Waals surface area contributed by atoms with Crippen molar-refractivity contribution >= 4 is 34.1 Å². The fourth-order valence-corrected chi connectivity index (χ4v) is 2.37. The maximum absolute atomic E-state index is 6.10. The molecular formula is C12H13Cl2N. The Morgan fingerprint density at radius 1 is 1.27 bits per heavy atom. The number of hydrogen-bond acceptors (Lipinski definition) is 0. The molecule has 0 unspecified atom stereocenters. The average molecular weight is 242 g/mol. The van der Waals surface area contributed by atoms with Crippen LogP contribution in [-0.4, -0.2) is 4.98 Å². The average Bonchev–Trinajstić information content (AvgIpc) is 2.48. The highest BCUT2D eigenvalue weighted by Gasteiger charge is 2.09. The Bertz CT molecular complexity index is 486. The zero-order valence-corrected chi connectivity index (χ0v) is 10.3. The lowest BCUT2D eigenvalue weighted by Gasteiger charge is -2.03. The van der Waals surface area contributed by atoms with Crippen molar-refractivity contribution in [3.63, 3.8) is 0 Å². The molecule has 0 spiro atoms. The zero-order valence-electron chi connectivity index (χ0n) is 8.77. The van der Waals surface area contributed by atoms with E-state index in [1.807, 2.05) is 12.3 Å².